The minimum absolute atomic E-state index is 0.0588. The fourth-order valence-corrected chi connectivity index (χ4v) is 2.86. The summed E-state index contributed by atoms with van der Waals surface area (Å²) in [5.74, 6) is 1.60. The smallest absolute Gasteiger partial charge is 0.233 e. The average Bonchev–Trinajstić information content (AvgIpc) is 2.25. The van der Waals surface area contributed by atoms with E-state index in [0.717, 1.165) is 37.3 Å². The van der Waals surface area contributed by atoms with Crippen molar-refractivity contribution < 1.29 is 9.00 Å². The number of hydrogen-bond donors (Lipinski definition) is 2. The molecule has 1 aliphatic rings. The Labute approximate surface area is 93.7 Å². The van der Waals surface area contributed by atoms with E-state index in [-0.39, 0.29) is 5.91 Å². The van der Waals surface area contributed by atoms with Gasteiger partial charge in [-0.05, 0) is 19.3 Å². The van der Waals surface area contributed by atoms with Gasteiger partial charge in [0.1, 0.15) is 0 Å². The number of carbonyl (C=O) groups excluding carboxylic acids is 1. The van der Waals surface area contributed by atoms with Crippen molar-refractivity contribution in [1.82, 2.24) is 10.6 Å². The molecule has 0 radical (unpaired) electrons. The van der Waals surface area contributed by atoms with E-state index in [1.54, 1.807) is 0 Å². The van der Waals surface area contributed by atoms with Gasteiger partial charge in [0.25, 0.3) is 0 Å². The maximum atomic E-state index is 11.3. The predicted molar refractivity (Wildman–Crippen MR) is 62.2 cm³/mol. The largest absolute Gasteiger partial charge is 0.355 e. The van der Waals surface area contributed by atoms with Gasteiger partial charge in [-0.15, -0.1) is 0 Å². The molecule has 1 fully saturated rings. The molecular weight excluding hydrogens is 212 g/mol. The summed E-state index contributed by atoms with van der Waals surface area (Å²) >= 11 is 0. The zero-order valence-corrected chi connectivity index (χ0v) is 10.1. The van der Waals surface area contributed by atoms with Gasteiger partial charge in [0.2, 0.25) is 5.91 Å². The molecule has 1 saturated heterocycles. The van der Waals surface area contributed by atoms with Crippen LogP contribution in [0, 0.1) is 0 Å². The van der Waals surface area contributed by atoms with Crippen LogP contribution in [0.5, 0.6) is 0 Å². The lowest BCUT2D eigenvalue weighted by molar-refractivity contribution is -0.120. The van der Waals surface area contributed by atoms with Crippen molar-refractivity contribution in [3.8, 4) is 0 Å². The molecule has 0 aromatic heterocycles. The highest BCUT2D eigenvalue weighted by molar-refractivity contribution is 7.85. The molecule has 0 unspecified atom stereocenters. The molecule has 0 aliphatic carbocycles. The number of carbonyl (C=O) groups is 1. The lowest BCUT2D eigenvalue weighted by atomic mass is 10.1. The normalized spacial score (nSPS) is 26.2. The van der Waals surface area contributed by atoms with Crippen molar-refractivity contribution in [2.75, 3.05) is 24.6 Å². The van der Waals surface area contributed by atoms with Gasteiger partial charge in [0.05, 0.1) is 6.54 Å². The molecule has 1 heterocycles. The number of nitrogens with one attached hydrogen (secondary N) is 2. The average molecular weight is 232 g/mol. The minimum Gasteiger partial charge on any atom is -0.355 e. The fraction of sp³-hybridized carbons (Fsp3) is 0.900. The third-order valence-corrected chi connectivity index (χ3v) is 3.89. The maximum absolute atomic E-state index is 11.3. The predicted octanol–water partition coefficient (Wildman–Crippen LogP) is 0.0133. The third kappa shape index (κ3) is 5.28. The van der Waals surface area contributed by atoms with E-state index in [9.17, 15) is 9.00 Å². The molecule has 4 nitrogen and oxygen atoms in total. The van der Waals surface area contributed by atoms with E-state index < -0.39 is 10.8 Å². The van der Waals surface area contributed by atoms with Gasteiger partial charge >= 0.3 is 0 Å². The molecule has 0 spiro atoms. The second-order valence-corrected chi connectivity index (χ2v) is 5.55. The topological polar surface area (TPSA) is 58.2 Å². The van der Waals surface area contributed by atoms with E-state index in [4.69, 9.17) is 0 Å². The maximum Gasteiger partial charge on any atom is 0.233 e. The van der Waals surface area contributed by atoms with Gasteiger partial charge in [-0.2, -0.15) is 0 Å². The Balaban J connectivity index is 2.09. The van der Waals surface area contributed by atoms with Gasteiger partial charge in [0.15, 0.2) is 0 Å². The lowest BCUT2D eigenvalue weighted by Crippen LogP contribution is -2.42. The zero-order valence-electron chi connectivity index (χ0n) is 9.25. The Morgan fingerprint density at radius 2 is 2.07 bits per heavy atom. The van der Waals surface area contributed by atoms with E-state index in [1.165, 1.54) is 0 Å². The fourth-order valence-electron chi connectivity index (χ4n) is 1.56. The van der Waals surface area contributed by atoms with Crippen LogP contribution in [-0.2, 0) is 15.6 Å². The molecule has 1 rings (SSSR count). The van der Waals surface area contributed by atoms with Crippen molar-refractivity contribution in [2.24, 2.45) is 0 Å². The molecule has 0 saturated carbocycles. The Morgan fingerprint density at radius 3 is 2.67 bits per heavy atom. The molecule has 0 aromatic rings. The Kier molecular flexibility index (Phi) is 5.86. The van der Waals surface area contributed by atoms with Crippen LogP contribution in [0.15, 0.2) is 0 Å². The first-order chi connectivity index (χ1) is 7.22. The first-order valence-corrected chi connectivity index (χ1v) is 7.06. The lowest BCUT2D eigenvalue weighted by Gasteiger charge is -2.22. The molecule has 2 N–H and O–H groups in total. The summed E-state index contributed by atoms with van der Waals surface area (Å²) < 4.78 is 11.1. The zero-order chi connectivity index (χ0) is 11.1. The molecule has 0 bridgehead atoms. The summed E-state index contributed by atoms with van der Waals surface area (Å²) in [5.41, 5.74) is 0. The first kappa shape index (κ1) is 12.6. The van der Waals surface area contributed by atoms with Gasteiger partial charge in [-0.25, -0.2) is 0 Å². The summed E-state index contributed by atoms with van der Waals surface area (Å²) in [6, 6.07) is 0.370. The van der Waals surface area contributed by atoms with Crippen LogP contribution in [-0.4, -0.2) is 40.8 Å². The van der Waals surface area contributed by atoms with Gasteiger partial charge in [-0.1, -0.05) is 6.92 Å². The SMILES string of the molecule is CCCNC(=O)CNC1CCS(=O)CC1. The van der Waals surface area contributed by atoms with Crippen LogP contribution < -0.4 is 10.6 Å². The highest BCUT2D eigenvalue weighted by Crippen LogP contribution is 2.08. The molecule has 5 heteroatoms. The molecule has 1 amide bonds. The van der Waals surface area contributed by atoms with E-state index in [1.807, 2.05) is 6.92 Å². The first-order valence-electron chi connectivity index (χ1n) is 5.57. The van der Waals surface area contributed by atoms with Gasteiger partial charge in [-0.3, -0.25) is 9.00 Å². The quantitative estimate of drug-likeness (QED) is 0.702. The van der Waals surface area contributed by atoms with Crippen LogP contribution >= 0.6 is 0 Å². The van der Waals surface area contributed by atoms with Crippen molar-refractivity contribution in [1.29, 1.82) is 0 Å². The van der Waals surface area contributed by atoms with Crippen LogP contribution in [0.4, 0.5) is 0 Å². The van der Waals surface area contributed by atoms with Gasteiger partial charge < -0.3 is 10.6 Å². The summed E-state index contributed by atoms with van der Waals surface area (Å²) in [4.78, 5) is 11.3. The number of amides is 1. The second kappa shape index (κ2) is 6.95. The van der Waals surface area contributed by atoms with Crippen LogP contribution in [0.2, 0.25) is 0 Å². The van der Waals surface area contributed by atoms with Crippen molar-refractivity contribution in [3.63, 3.8) is 0 Å². The van der Waals surface area contributed by atoms with E-state index >= 15 is 0 Å². The summed E-state index contributed by atoms with van der Waals surface area (Å²) in [6.07, 6.45) is 2.81. The summed E-state index contributed by atoms with van der Waals surface area (Å²) in [5, 5.41) is 6.02. The monoisotopic (exact) mass is 232 g/mol. The number of rotatable bonds is 5. The molecule has 88 valence electrons. The molecule has 1 aliphatic heterocycles. The molecular formula is C10H20N2O2S. The van der Waals surface area contributed by atoms with Gasteiger partial charge in [0, 0.05) is 34.9 Å². The highest BCUT2D eigenvalue weighted by atomic mass is 32.2. The van der Waals surface area contributed by atoms with Crippen LogP contribution in [0.3, 0.4) is 0 Å². The van der Waals surface area contributed by atoms with Crippen molar-refractivity contribution in [2.45, 2.75) is 32.2 Å². The standard InChI is InChI=1S/C10H20N2O2S/c1-2-5-11-10(13)8-12-9-3-6-15(14)7-4-9/h9,12H,2-8H2,1H3,(H,11,13). The molecule has 0 aromatic carbocycles. The van der Waals surface area contributed by atoms with Crippen molar-refractivity contribution >= 4 is 16.7 Å². The van der Waals surface area contributed by atoms with Crippen LogP contribution in [0.25, 0.3) is 0 Å². The third-order valence-electron chi connectivity index (χ3n) is 2.51. The Hall–Kier alpha value is -0.420. The molecule has 0 atom stereocenters. The number of hydrogen-bond acceptors (Lipinski definition) is 3. The Morgan fingerprint density at radius 1 is 1.40 bits per heavy atom. The summed E-state index contributed by atoms with van der Waals surface area (Å²) in [7, 11) is -0.621. The van der Waals surface area contributed by atoms with Crippen molar-refractivity contribution in [3.05, 3.63) is 0 Å². The highest BCUT2D eigenvalue weighted by Gasteiger charge is 2.17. The van der Waals surface area contributed by atoms with E-state index in [2.05, 4.69) is 10.6 Å². The second-order valence-electron chi connectivity index (χ2n) is 3.85. The minimum atomic E-state index is -0.621. The van der Waals surface area contributed by atoms with E-state index in [0.29, 0.717) is 12.6 Å². The summed E-state index contributed by atoms with van der Waals surface area (Å²) in [6.45, 7) is 3.16. The Bertz CT molecular complexity index is 223. The van der Waals surface area contributed by atoms with Crippen LogP contribution in [0.1, 0.15) is 26.2 Å². The molecule has 15 heavy (non-hydrogen) atoms.